The second kappa shape index (κ2) is 11.1. The Labute approximate surface area is 193 Å². The van der Waals surface area contributed by atoms with Gasteiger partial charge in [0.15, 0.2) is 6.61 Å². The fraction of sp³-hybridized carbons (Fsp3) is 0.222. The molecule has 33 heavy (non-hydrogen) atoms. The molecule has 3 aromatic rings. The minimum atomic E-state index is -0.981. The predicted molar refractivity (Wildman–Crippen MR) is 127 cm³/mol. The summed E-state index contributed by atoms with van der Waals surface area (Å²) in [6.45, 7) is 0.00484. The molecule has 2 aromatic carbocycles. The van der Waals surface area contributed by atoms with Crippen molar-refractivity contribution in [3.63, 3.8) is 0 Å². The van der Waals surface area contributed by atoms with E-state index in [0.29, 0.717) is 18.8 Å². The summed E-state index contributed by atoms with van der Waals surface area (Å²) in [5.41, 5.74) is 6.24. The maximum Gasteiger partial charge on any atom is 0.341 e. The maximum absolute atomic E-state index is 10.9. The van der Waals surface area contributed by atoms with E-state index < -0.39 is 5.97 Å². The number of fused-ring (bicyclic) bond motifs is 1. The molecule has 0 radical (unpaired) electrons. The van der Waals surface area contributed by atoms with Gasteiger partial charge in [0.1, 0.15) is 12.4 Å². The average molecular weight is 443 g/mol. The highest BCUT2D eigenvalue weighted by Gasteiger charge is 2.18. The number of nitrogens with zero attached hydrogens (tertiary/aromatic N) is 2. The van der Waals surface area contributed by atoms with E-state index in [1.165, 1.54) is 5.57 Å². The number of hydrogen-bond donors (Lipinski definition) is 1. The lowest BCUT2D eigenvalue weighted by atomic mass is 9.86. The van der Waals surface area contributed by atoms with E-state index in [-0.39, 0.29) is 6.61 Å². The van der Waals surface area contributed by atoms with Gasteiger partial charge in [-0.15, -0.1) is 0 Å². The number of ether oxygens (including phenoxy) is 1. The van der Waals surface area contributed by atoms with Crippen LogP contribution in [0.4, 0.5) is 0 Å². The lowest BCUT2D eigenvalue weighted by Crippen LogP contribution is -2.12. The second-order valence-corrected chi connectivity index (χ2v) is 7.79. The molecule has 1 aliphatic rings. The number of carbonyl (C=O) groups is 1. The van der Waals surface area contributed by atoms with Crippen LogP contribution in [0.5, 0.6) is 5.75 Å². The van der Waals surface area contributed by atoms with Gasteiger partial charge in [0, 0.05) is 24.4 Å². The van der Waals surface area contributed by atoms with Crippen LogP contribution in [-0.2, 0) is 22.5 Å². The molecule has 6 nitrogen and oxygen atoms in total. The van der Waals surface area contributed by atoms with Crippen molar-refractivity contribution in [1.82, 2.24) is 4.98 Å². The number of oxime groups is 1. The first-order chi connectivity index (χ1) is 16.2. The SMILES string of the molecule is O=C(O)COc1cccc2c1CCC/C2=C/CO/N=C(\Cc1cccnc1)c1ccccc1. The Morgan fingerprint density at radius 1 is 1.06 bits per heavy atom. The number of aromatic nitrogens is 1. The average Bonchev–Trinajstić information content (AvgIpc) is 2.85. The monoisotopic (exact) mass is 442 g/mol. The molecule has 0 unspecified atom stereocenters. The molecule has 0 amide bonds. The van der Waals surface area contributed by atoms with Crippen LogP contribution < -0.4 is 4.74 Å². The predicted octanol–water partition coefficient (Wildman–Crippen LogP) is 4.93. The van der Waals surface area contributed by atoms with E-state index in [4.69, 9.17) is 14.7 Å². The van der Waals surface area contributed by atoms with Crippen molar-refractivity contribution >= 4 is 17.3 Å². The zero-order valence-corrected chi connectivity index (χ0v) is 18.3. The van der Waals surface area contributed by atoms with E-state index in [2.05, 4.69) is 22.3 Å². The summed E-state index contributed by atoms with van der Waals surface area (Å²) in [7, 11) is 0. The molecular weight excluding hydrogens is 416 g/mol. The summed E-state index contributed by atoms with van der Waals surface area (Å²) in [5.74, 6) is -0.340. The molecule has 0 bridgehead atoms. The van der Waals surface area contributed by atoms with Gasteiger partial charge in [0.2, 0.25) is 0 Å². The molecule has 1 aliphatic carbocycles. The normalized spacial score (nSPS) is 14.5. The molecule has 1 heterocycles. The standard InChI is InChI=1S/C27H26N2O4/c30-27(31)19-32-26-13-5-11-23-21(10-4-12-24(23)26)14-16-33-29-25(22-8-2-1-3-9-22)17-20-7-6-15-28-18-20/h1-3,5-9,11,13-15,18H,4,10,12,16-17,19H2,(H,30,31)/b21-14-,29-25+. The van der Waals surface area contributed by atoms with Gasteiger partial charge in [-0.2, -0.15) is 0 Å². The van der Waals surface area contributed by atoms with Crippen molar-refractivity contribution in [2.45, 2.75) is 25.7 Å². The van der Waals surface area contributed by atoms with E-state index in [0.717, 1.165) is 47.2 Å². The topological polar surface area (TPSA) is 81.0 Å². The fourth-order valence-electron chi connectivity index (χ4n) is 3.97. The van der Waals surface area contributed by atoms with Crippen LogP contribution in [-0.4, -0.2) is 35.0 Å². The third-order valence-electron chi connectivity index (χ3n) is 5.48. The van der Waals surface area contributed by atoms with E-state index in [1.807, 2.05) is 60.8 Å². The van der Waals surface area contributed by atoms with Crippen molar-refractivity contribution in [1.29, 1.82) is 0 Å². The van der Waals surface area contributed by atoms with E-state index in [9.17, 15) is 4.79 Å². The minimum Gasteiger partial charge on any atom is -0.482 e. The quantitative estimate of drug-likeness (QED) is 0.289. The molecule has 0 saturated carbocycles. The van der Waals surface area contributed by atoms with Crippen LogP contribution in [0.25, 0.3) is 5.57 Å². The van der Waals surface area contributed by atoms with Gasteiger partial charge in [-0.3, -0.25) is 4.98 Å². The van der Waals surface area contributed by atoms with Gasteiger partial charge in [-0.1, -0.05) is 53.7 Å². The molecule has 4 rings (SSSR count). The summed E-state index contributed by atoms with van der Waals surface area (Å²) in [4.78, 5) is 20.8. The van der Waals surface area contributed by atoms with Crippen LogP contribution in [0.15, 0.2) is 84.3 Å². The maximum atomic E-state index is 10.9. The number of pyridine rings is 1. The molecule has 1 aromatic heterocycles. The van der Waals surface area contributed by atoms with E-state index >= 15 is 0 Å². The first-order valence-electron chi connectivity index (χ1n) is 11.0. The number of aliphatic carboxylic acids is 1. The van der Waals surface area contributed by atoms with Crippen molar-refractivity contribution in [2.75, 3.05) is 13.2 Å². The first-order valence-corrected chi connectivity index (χ1v) is 11.0. The van der Waals surface area contributed by atoms with Crippen molar-refractivity contribution < 1.29 is 19.5 Å². The Morgan fingerprint density at radius 2 is 1.94 bits per heavy atom. The van der Waals surface area contributed by atoms with Crippen molar-refractivity contribution in [3.05, 3.63) is 101 Å². The van der Waals surface area contributed by atoms with Gasteiger partial charge in [0.05, 0.1) is 5.71 Å². The highest BCUT2D eigenvalue weighted by atomic mass is 16.6. The molecule has 6 heteroatoms. The lowest BCUT2D eigenvalue weighted by molar-refractivity contribution is -0.139. The number of carboxylic acid groups (broad SMARTS) is 1. The van der Waals surface area contributed by atoms with Gasteiger partial charge >= 0.3 is 5.97 Å². The number of rotatable bonds is 9. The van der Waals surface area contributed by atoms with E-state index in [1.54, 1.807) is 6.20 Å². The lowest BCUT2D eigenvalue weighted by Gasteiger charge is -2.21. The molecule has 0 fully saturated rings. The van der Waals surface area contributed by atoms with Crippen LogP contribution in [0.2, 0.25) is 0 Å². The molecule has 0 spiro atoms. The third-order valence-corrected chi connectivity index (χ3v) is 5.48. The Morgan fingerprint density at radius 3 is 2.73 bits per heavy atom. The Balaban J connectivity index is 1.49. The van der Waals surface area contributed by atoms with Gasteiger partial charge in [-0.25, -0.2) is 4.79 Å². The second-order valence-electron chi connectivity index (χ2n) is 7.79. The highest BCUT2D eigenvalue weighted by molar-refractivity contribution is 6.01. The smallest absolute Gasteiger partial charge is 0.341 e. The summed E-state index contributed by atoms with van der Waals surface area (Å²) >= 11 is 0. The number of allylic oxidation sites excluding steroid dienone is 1. The number of benzene rings is 2. The molecule has 1 N–H and O–H groups in total. The zero-order valence-electron chi connectivity index (χ0n) is 18.3. The van der Waals surface area contributed by atoms with Crippen molar-refractivity contribution in [3.8, 4) is 5.75 Å². The minimum absolute atomic E-state index is 0.341. The summed E-state index contributed by atoms with van der Waals surface area (Å²) in [5, 5.41) is 13.4. The Kier molecular flexibility index (Phi) is 7.48. The first kappa shape index (κ1) is 22.3. The van der Waals surface area contributed by atoms with Gasteiger partial charge < -0.3 is 14.7 Å². The van der Waals surface area contributed by atoms with Crippen LogP contribution in [0.1, 0.15) is 35.1 Å². The van der Waals surface area contributed by atoms with Gasteiger partial charge in [0.25, 0.3) is 0 Å². The Bertz CT molecular complexity index is 1140. The largest absolute Gasteiger partial charge is 0.482 e. The fourth-order valence-corrected chi connectivity index (χ4v) is 3.97. The Hall–Kier alpha value is -3.93. The molecule has 0 saturated heterocycles. The van der Waals surface area contributed by atoms with Crippen LogP contribution in [0, 0.1) is 0 Å². The highest BCUT2D eigenvalue weighted by Crippen LogP contribution is 2.36. The van der Waals surface area contributed by atoms with Crippen LogP contribution >= 0.6 is 0 Å². The number of carboxylic acids is 1. The molecular formula is C27H26N2O4. The molecule has 0 aliphatic heterocycles. The zero-order chi connectivity index (χ0) is 22.9. The summed E-state index contributed by atoms with van der Waals surface area (Å²) in [6.07, 6.45) is 9.05. The molecule has 0 atom stereocenters. The summed E-state index contributed by atoms with van der Waals surface area (Å²) < 4.78 is 5.49. The molecule has 168 valence electrons. The van der Waals surface area contributed by atoms with Crippen LogP contribution in [0.3, 0.4) is 0 Å². The van der Waals surface area contributed by atoms with Crippen molar-refractivity contribution in [2.24, 2.45) is 5.16 Å². The van der Waals surface area contributed by atoms with Gasteiger partial charge in [-0.05, 0) is 59.7 Å². The number of hydrogen-bond acceptors (Lipinski definition) is 5. The third kappa shape index (κ3) is 6.07. The summed E-state index contributed by atoms with van der Waals surface area (Å²) in [6, 6.07) is 19.7.